The summed E-state index contributed by atoms with van der Waals surface area (Å²) in [5, 5.41) is 2.80. The molecule has 7 heteroatoms. The number of hydrogen-bond donors (Lipinski definition) is 1. The molecule has 1 saturated heterocycles. The van der Waals surface area contributed by atoms with E-state index in [0.717, 1.165) is 0 Å². The SMILES string of the molecule is COc1cc(OC)cc(C(=O)N[C@]2(C)CCS(=O)(=O)C2)c1. The summed E-state index contributed by atoms with van der Waals surface area (Å²) in [5.74, 6) is 0.733. The van der Waals surface area contributed by atoms with Crippen molar-refractivity contribution in [2.75, 3.05) is 25.7 Å². The minimum Gasteiger partial charge on any atom is -0.497 e. The van der Waals surface area contributed by atoms with Gasteiger partial charge < -0.3 is 14.8 Å². The summed E-state index contributed by atoms with van der Waals surface area (Å²) in [7, 11) is -0.0689. The molecule has 0 unspecified atom stereocenters. The van der Waals surface area contributed by atoms with Gasteiger partial charge in [0.15, 0.2) is 9.84 Å². The molecule has 0 aliphatic carbocycles. The van der Waals surface area contributed by atoms with Crippen LogP contribution in [-0.2, 0) is 9.84 Å². The quantitative estimate of drug-likeness (QED) is 0.897. The van der Waals surface area contributed by atoms with Crippen LogP contribution in [0.1, 0.15) is 23.7 Å². The maximum atomic E-state index is 12.3. The predicted octanol–water partition coefficient (Wildman–Crippen LogP) is 1.01. The largest absolute Gasteiger partial charge is 0.497 e. The summed E-state index contributed by atoms with van der Waals surface area (Å²) in [4.78, 5) is 12.3. The van der Waals surface area contributed by atoms with Crippen molar-refractivity contribution >= 4 is 15.7 Å². The van der Waals surface area contributed by atoms with Crippen molar-refractivity contribution in [1.82, 2.24) is 5.32 Å². The second-order valence-electron chi connectivity index (χ2n) is 5.46. The van der Waals surface area contributed by atoms with Crippen molar-refractivity contribution in [1.29, 1.82) is 0 Å². The lowest BCUT2D eigenvalue weighted by Crippen LogP contribution is -2.46. The van der Waals surface area contributed by atoms with E-state index in [2.05, 4.69) is 5.32 Å². The Hall–Kier alpha value is -1.76. The molecule has 0 saturated carbocycles. The van der Waals surface area contributed by atoms with Crippen LogP contribution >= 0.6 is 0 Å². The molecule has 0 spiro atoms. The molecule has 116 valence electrons. The molecule has 1 aromatic rings. The molecule has 1 amide bonds. The van der Waals surface area contributed by atoms with Gasteiger partial charge in [-0.3, -0.25) is 4.79 Å². The Morgan fingerprint density at radius 1 is 1.19 bits per heavy atom. The first kappa shape index (κ1) is 15.6. The fourth-order valence-corrected chi connectivity index (χ4v) is 4.49. The first-order valence-electron chi connectivity index (χ1n) is 6.53. The Kier molecular flexibility index (Phi) is 4.13. The molecule has 2 rings (SSSR count). The smallest absolute Gasteiger partial charge is 0.252 e. The van der Waals surface area contributed by atoms with Crippen LogP contribution in [0, 0.1) is 0 Å². The molecule has 1 aliphatic heterocycles. The van der Waals surface area contributed by atoms with Crippen molar-refractivity contribution in [3.8, 4) is 11.5 Å². The Bertz CT molecular complexity index is 633. The van der Waals surface area contributed by atoms with Crippen molar-refractivity contribution in [2.24, 2.45) is 0 Å². The number of methoxy groups -OCH3 is 2. The fourth-order valence-electron chi connectivity index (χ4n) is 2.39. The van der Waals surface area contributed by atoms with Crippen LogP contribution in [-0.4, -0.2) is 45.6 Å². The molecule has 1 fully saturated rings. The van der Waals surface area contributed by atoms with Crippen molar-refractivity contribution in [3.63, 3.8) is 0 Å². The van der Waals surface area contributed by atoms with E-state index < -0.39 is 15.4 Å². The molecule has 0 radical (unpaired) electrons. The lowest BCUT2D eigenvalue weighted by atomic mass is 10.0. The van der Waals surface area contributed by atoms with Gasteiger partial charge in [0.2, 0.25) is 0 Å². The molecule has 1 N–H and O–H groups in total. The van der Waals surface area contributed by atoms with Crippen molar-refractivity contribution < 1.29 is 22.7 Å². The van der Waals surface area contributed by atoms with Gasteiger partial charge in [0, 0.05) is 11.6 Å². The van der Waals surface area contributed by atoms with Crippen molar-refractivity contribution in [2.45, 2.75) is 18.9 Å². The van der Waals surface area contributed by atoms with E-state index in [9.17, 15) is 13.2 Å². The van der Waals surface area contributed by atoms with E-state index in [1.54, 1.807) is 25.1 Å². The first-order valence-corrected chi connectivity index (χ1v) is 8.35. The number of ether oxygens (including phenoxy) is 2. The predicted molar refractivity (Wildman–Crippen MR) is 78.7 cm³/mol. The zero-order valence-electron chi connectivity index (χ0n) is 12.3. The molecular weight excluding hydrogens is 294 g/mol. The number of hydrogen-bond acceptors (Lipinski definition) is 5. The Labute approximate surface area is 124 Å². The minimum atomic E-state index is -3.07. The van der Waals surface area contributed by atoms with E-state index in [4.69, 9.17) is 9.47 Å². The van der Waals surface area contributed by atoms with E-state index in [-0.39, 0.29) is 17.4 Å². The van der Waals surface area contributed by atoms with Gasteiger partial charge in [0.1, 0.15) is 11.5 Å². The second kappa shape index (κ2) is 5.55. The monoisotopic (exact) mass is 313 g/mol. The molecule has 21 heavy (non-hydrogen) atoms. The number of benzene rings is 1. The Morgan fingerprint density at radius 2 is 1.76 bits per heavy atom. The van der Waals surface area contributed by atoms with Crippen LogP contribution in [0.4, 0.5) is 0 Å². The van der Waals surface area contributed by atoms with Crippen LogP contribution in [0.15, 0.2) is 18.2 Å². The number of carbonyl (C=O) groups is 1. The van der Waals surface area contributed by atoms with Crippen molar-refractivity contribution in [3.05, 3.63) is 23.8 Å². The number of carbonyl (C=O) groups excluding carboxylic acids is 1. The van der Waals surface area contributed by atoms with Crippen LogP contribution in [0.5, 0.6) is 11.5 Å². The summed E-state index contributed by atoms with van der Waals surface area (Å²) < 4.78 is 33.4. The third kappa shape index (κ3) is 3.66. The van der Waals surface area contributed by atoms with Crippen LogP contribution in [0.3, 0.4) is 0 Å². The van der Waals surface area contributed by atoms with E-state index in [0.29, 0.717) is 23.5 Å². The topological polar surface area (TPSA) is 81.7 Å². The van der Waals surface area contributed by atoms with Gasteiger partial charge in [-0.15, -0.1) is 0 Å². The second-order valence-corrected chi connectivity index (χ2v) is 7.64. The highest BCUT2D eigenvalue weighted by Gasteiger charge is 2.39. The number of sulfone groups is 1. The van der Waals surface area contributed by atoms with Gasteiger partial charge in [-0.2, -0.15) is 0 Å². The maximum absolute atomic E-state index is 12.3. The standard InChI is InChI=1S/C14H19NO5S/c1-14(4-5-21(17,18)9-14)15-13(16)10-6-11(19-2)8-12(7-10)20-3/h6-8H,4-5,9H2,1-3H3,(H,15,16)/t14-/m1/s1. The van der Waals surface area contributed by atoms with Crippen LogP contribution in [0.25, 0.3) is 0 Å². The highest BCUT2D eigenvalue weighted by molar-refractivity contribution is 7.91. The van der Waals surface area contributed by atoms with Gasteiger partial charge in [0.05, 0.1) is 31.3 Å². The Balaban J connectivity index is 2.21. The maximum Gasteiger partial charge on any atom is 0.252 e. The molecule has 6 nitrogen and oxygen atoms in total. The first-order chi connectivity index (χ1) is 9.77. The summed E-state index contributed by atoms with van der Waals surface area (Å²) in [6, 6.07) is 4.84. The normalized spacial score (nSPS) is 23.6. The fraction of sp³-hybridized carbons (Fsp3) is 0.500. The summed E-state index contributed by atoms with van der Waals surface area (Å²) in [5.41, 5.74) is -0.358. The van der Waals surface area contributed by atoms with Gasteiger partial charge >= 0.3 is 0 Å². The lowest BCUT2D eigenvalue weighted by Gasteiger charge is -2.24. The zero-order valence-corrected chi connectivity index (χ0v) is 13.1. The van der Waals surface area contributed by atoms with Gasteiger partial charge in [-0.05, 0) is 25.5 Å². The third-order valence-electron chi connectivity index (χ3n) is 3.53. The molecular formula is C14H19NO5S. The van der Waals surface area contributed by atoms with E-state index in [1.807, 2.05) is 0 Å². The highest BCUT2D eigenvalue weighted by Crippen LogP contribution is 2.26. The number of amides is 1. The molecule has 1 aromatic carbocycles. The van der Waals surface area contributed by atoms with E-state index >= 15 is 0 Å². The lowest BCUT2D eigenvalue weighted by molar-refractivity contribution is 0.0914. The molecule has 1 aliphatic rings. The summed E-state index contributed by atoms with van der Waals surface area (Å²) in [6.07, 6.45) is 0.419. The van der Waals surface area contributed by atoms with Gasteiger partial charge in [0.25, 0.3) is 5.91 Å². The third-order valence-corrected chi connectivity index (χ3v) is 5.44. The average molecular weight is 313 g/mol. The van der Waals surface area contributed by atoms with Crippen LogP contribution < -0.4 is 14.8 Å². The molecule has 0 aromatic heterocycles. The van der Waals surface area contributed by atoms with E-state index in [1.165, 1.54) is 14.2 Å². The van der Waals surface area contributed by atoms with Crippen LogP contribution in [0.2, 0.25) is 0 Å². The highest BCUT2D eigenvalue weighted by atomic mass is 32.2. The number of nitrogens with one attached hydrogen (secondary N) is 1. The molecule has 1 atom stereocenters. The average Bonchev–Trinajstić information content (AvgIpc) is 2.71. The summed E-state index contributed by atoms with van der Waals surface area (Å²) >= 11 is 0. The molecule has 1 heterocycles. The summed E-state index contributed by atoms with van der Waals surface area (Å²) in [6.45, 7) is 1.74. The van der Waals surface area contributed by atoms with Gasteiger partial charge in [-0.1, -0.05) is 0 Å². The Morgan fingerprint density at radius 3 is 2.19 bits per heavy atom. The number of rotatable bonds is 4. The molecule has 0 bridgehead atoms. The van der Waals surface area contributed by atoms with Gasteiger partial charge in [-0.25, -0.2) is 8.42 Å². The minimum absolute atomic E-state index is 0.0349. The zero-order chi connectivity index (χ0) is 15.7.